The maximum absolute atomic E-state index is 9.47. The normalized spacial score (nSPS) is 46.4. The third kappa shape index (κ3) is 1.83. The summed E-state index contributed by atoms with van der Waals surface area (Å²) in [4.78, 5) is 0. The molecular formula is C7H14O6. The van der Waals surface area contributed by atoms with Crippen molar-refractivity contribution in [2.24, 2.45) is 0 Å². The molecule has 0 bridgehead atoms. The molecule has 0 unspecified atom stereocenters. The molecule has 1 fully saturated rings. The van der Waals surface area contributed by atoms with E-state index in [0.717, 1.165) is 0 Å². The zero-order valence-corrected chi connectivity index (χ0v) is 7.00. The van der Waals surface area contributed by atoms with Crippen molar-refractivity contribution < 1.29 is 30.3 Å². The Morgan fingerprint density at radius 3 is 2.38 bits per heavy atom. The summed E-state index contributed by atoms with van der Waals surface area (Å²) in [6.45, 7) is -1.46. The number of aliphatic hydroxyl groups excluding tert-OH is 4. The first-order chi connectivity index (χ1) is 6.05. The Hall–Kier alpha value is -0.240. The molecule has 0 aromatic carbocycles. The van der Waals surface area contributed by atoms with E-state index in [1.165, 1.54) is 0 Å². The summed E-state index contributed by atoms with van der Waals surface area (Å²) in [6.07, 6.45) is -3.82. The lowest BCUT2D eigenvalue weighted by molar-refractivity contribution is -0.249. The van der Waals surface area contributed by atoms with Gasteiger partial charge in [0.05, 0.1) is 19.8 Å². The third-order valence-corrected chi connectivity index (χ3v) is 2.26. The monoisotopic (exact) mass is 194 g/mol. The summed E-state index contributed by atoms with van der Waals surface area (Å²) >= 11 is 0. The average Bonchev–Trinajstić information content (AvgIpc) is 2.15. The number of hydrogen-bond acceptors (Lipinski definition) is 6. The van der Waals surface area contributed by atoms with Gasteiger partial charge in [-0.15, -0.1) is 0 Å². The highest BCUT2D eigenvalue weighted by molar-refractivity contribution is 4.97. The van der Waals surface area contributed by atoms with E-state index >= 15 is 0 Å². The molecule has 1 heterocycles. The highest BCUT2D eigenvalue weighted by atomic mass is 16.5. The molecule has 4 atom stereocenters. The van der Waals surface area contributed by atoms with Crippen molar-refractivity contribution >= 4 is 0 Å². The van der Waals surface area contributed by atoms with Gasteiger partial charge in [-0.25, -0.2) is 0 Å². The fraction of sp³-hybridized carbons (Fsp3) is 1.00. The van der Waals surface area contributed by atoms with Crippen LogP contribution in [0.5, 0.6) is 0 Å². The fourth-order valence-electron chi connectivity index (χ4n) is 1.26. The molecule has 0 spiro atoms. The van der Waals surface area contributed by atoms with Gasteiger partial charge in [-0.1, -0.05) is 0 Å². The zero-order chi connectivity index (χ0) is 10.1. The number of aliphatic hydroxyl groups is 5. The van der Waals surface area contributed by atoms with Gasteiger partial charge in [0.2, 0.25) is 0 Å². The van der Waals surface area contributed by atoms with Gasteiger partial charge in [-0.3, -0.25) is 0 Å². The van der Waals surface area contributed by atoms with Gasteiger partial charge in [0.1, 0.15) is 23.9 Å². The lowest BCUT2D eigenvalue weighted by atomic mass is 9.89. The number of hydrogen-bond donors (Lipinski definition) is 5. The molecule has 1 aliphatic heterocycles. The predicted molar refractivity (Wildman–Crippen MR) is 40.9 cm³/mol. The molecule has 0 saturated carbocycles. The smallest absolute Gasteiger partial charge is 0.139 e. The van der Waals surface area contributed by atoms with Crippen LogP contribution in [0.2, 0.25) is 0 Å². The van der Waals surface area contributed by atoms with E-state index in [2.05, 4.69) is 0 Å². The predicted octanol–water partition coefficient (Wildman–Crippen LogP) is -3.18. The Morgan fingerprint density at radius 2 is 1.92 bits per heavy atom. The summed E-state index contributed by atoms with van der Waals surface area (Å²) in [5, 5.41) is 45.5. The van der Waals surface area contributed by atoms with E-state index in [0.29, 0.717) is 0 Å². The van der Waals surface area contributed by atoms with Crippen LogP contribution in [-0.2, 0) is 4.74 Å². The second-order valence-corrected chi connectivity index (χ2v) is 3.23. The van der Waals surface area contributed by atoms with Crippen molar-refractivity contribution in [1.82, 2.24) is 0 Å². The van der Waals surface area contributed by atoms with Crippen LogP contribution in [0.15, 0.2) is 0 Å². The van der Waals surface area contributed by atoms with Crippen LogP contribution in [0.3, 0.4) is 0 Å². The minimum atomic E-state index is -1.84. The van der Waals surface area contributed by atoms with E-state index in [9.17, 15) is 15.3 Å². The molecule has 13 heavy (non-hydrogen) atoms. The molecule has 0 aliphatic carbocycles. The highest BCUT2D eigenvalue weighted by Gasteiger charge is 2.47. The van der Waals surface area contributed by atoms with Crippen LogP contribution in [-0.4, -0.2) is 69.3 Å². The summed E-state index contributed by atoms with van der Waals surface area (Å²) in [6, 6.07) is 0. The number of ether oxygens (including phenoxy) is 1. The maximum atomic E-state index is 9.47. The molecule has 1 aliphatic rings. The van der Waals surface area contributed by atoms with Crippen molar-refractivity contribution in [2.75, 3.05) is 19.8 Å². The molecule has 5 N–H and O–H groups in total. The van der Waals surface area contributed by atoms with Gasteiger partial charge in [0.15, 0.2) is 0 Å². The van der Waals surface area contributed by atoms with Gasteiger partial charge in [0.25, 0.3) is 0 Å². The topological polar surface area (TPSA) is 110 Å². The summed E-state index contributed by atoms with van der Waals surface area (Å²) < 4.78 is 4.85. The van der Waals surface area contributed by atoms with E-state index in [4.69, 9.17) is 14.9 Å². The number of rotatable bonds is 2. The largest absolute Gasteiger partial charge is 0.394 e. The molecule has 0 amide bonds. The zero-order valence-electron chi connectivity index (χ0n) is 7.00. The molecule has 78 valence electrons. The second kappa shape index (κ2) is 3.87. The first-order valence-electron chi connectivity index (χ1n) is 3.97. The van der Waals surface area contributed by atoms with Crippen molar-refractivity contribution in [3.05, 3.63) is 0 Å². The molecular weight excluding hydrogens is 180 g/mol. The van der Waals surface area contributed by atoms with E-state index in [1.54, 1.807) is 0 Å². The fourth-order valence-corrected chi connectivity index (χ4v) is 1.26. The Bertz CT molecular complexity index is 174. The molecule has 0 aromatic rings. The third-order valence-electron chi connectivity index (χ3n) is 2.26. The summed E-state index contributed by atoms with van der Waals surface area (Å²) in [7, 11) is 0. The first-order valence-corrected chi connectivity index (χ1v) is 3.97. The Labute approximate surface area is 75.0 Å². The minimum Gasteiger partial charge on any atom is -0.394 e. The van der Waals surface area contributed by atoms with Crippen LogP contribution >= 0.6 is 0 Å². The van der Waals surface area contributed by atoms with E-state index in [1.807, 2.05) is 0 Å². The van der Waals surface area contributed by atoms with Crippen LogP contribution in [0.1, 0.15) is 0 Å². The Balaban J connectivity index is 2.69. The van der Waals surface area contributed by atoms with Crippen molar-refractivity contribution in [1.29, 1.82) is 0 Å². The van der Waals surface area contributed by atoms with Crippen LogP contribution in [0.25, 0.3) is 0 Å². The van der Waals surface area contributed by atoms with Crippen LogP contribution < -0.4 is 0 Å². The molecule has 0 aromatic heterocycles. The summed E-state index contributed by atoms with van der Waals surface area (Å²) in [5.74, 6) is 0. The Kier molecular flexibility index (Phi) is 3.23. The quantitative estimate of drug-likeness (QED) is 0.317. The molecule has 0 radical (unpaired) electrons. The maximum Gasteiger partial charge on any atom is 0.139 e. The van der Waals surface area contributed by atoms with Gasteiger partial charge in [0, 0.05) is 0 Å². The van der Waals surface area contributed by atoms with Gasteiger partial charge < -0.3 is 30.3 Å². The Morgan fingerprint density at radius 1 is 1.31 bits per heavy atom. The van der Waals surface area contributed by atoms with Crippen molar-refractivity contribution in [3.8, 4) is 0 Å². The standard InChI is InChI=1S/C7H14O6/c8-1-4-5(10)6(11)7(12,2-9)3-13-4/h4-6,8-12H,1-3H2/t4-,5-,6+,7+/m1/s1. The van der Waals surface area contributed by atoms with E-state index in [-0.39, 0.29) is 6.61 Å². The van der Waals surface area contributed by atoms with Crippen LogP contribution in [0, 0.1) is 0 Å². The SMILES string of the molecule is OC[C@H]1OC[C@@](O)(CO)[C@@H](O)[C@@H]1O. The van der Waals surface area contributed by atoms with Gasteiger partial charge in [-0.2, -0.15) is 0 Å². The molecule has 6 nitrogen and oxygen atoms in total. The lowest BCUT2D eigenvalue weighted by Crippen LogP contribution is -2.63. The van der Waals surface area contributed by atoms with Crippen molar-refractivity contribution in [2.45, 2.75) is 23.9 Å². The second-order valence-electron chi connectivity index (χ2n) is 3.23. The first kappa shape index (κ1) is 10.8. The highest BCUT2D eigenvalue weighted by Crippen LogP contribution is 2.23. The average molecular weight is 194 g/mol. The van der Waals surface area contributed by atoms with Gasteiger partial charge >= 0.3 is 0 Å². The molecule has 6 heteroatoms. The summed E-state index contributed by atoms with van der Waals surface area (Å²) in [5.41, 5.74) is -1.84. The van der Waals surface area contributed by atoms with Crippen molar-refractivity contribution in [3.63, 3.8) is 0 Å². The molecule has 1 rings (SSSR count). The minimum absolute atomic E-state index is 0.313. The lowest BCUT2D eigenvalue weighted by Gasteiger charge is -2.41. The van der Waals surface area contributed by atoms with Crippen LogP contribution in [0.4, 0.5) is 0 Å². The molecule has 1 saturated heterocycles. The van der Waals surface area contributed by atoms with Gasteiger partial charge in [-0.05, 0) is 0 Å². The van der Waals surface area contributed by atoms with E-state index < -0.39 is 37.1 Å².